The third kappa shape index (κ3) is 7.06. The molecule has 0 saturated carbocycles. The Bertz CT molecular complexity index is 2950. The molecule has 0 aliphatic rings. The first-order valence-corrected chi connectivity index (χ1v) is 20.2. The Kier molecular flexibility index (Phi) is 10.4. The smallest absolute Gasteiger partial charge is 0.0541 e. The Morgan fingerprint density at radius 1 is 0.542 bits per heavy atom. The van der Waals surface area contributed by atoms with Crippen LogP contribution in [-0.4, -0.2) is 9.13 Å². The van der Waals surface area contributed by atoms with Gasteiger partial charge in [-0.1, -0.05) is 122 Å². The fourth-order valence-electron chi connectivity index (χ4n) is 8.37. The molecule has 2 heterocycles. The predicted molar refractivity (Wildman–Crippen MR) is 253 cm³/mol. The van der Waals surface area contributed by atoms with Gasteiger partial charge in [-0.25, -0.2) is 0 Å². The van der Waals surface area contributed by atoms with Gasteiger partial charge in [-0.3, -0.25) is 0 Å². The Hall–Kier alpha value is -7.56. The average Bonchev–Trinajstić information content (AvgIpc) is 3.79. The van der Waals surface area contributed by atoms with Crippen LogP contribution in [0.3, 0.4) is 0 Å². The first-order valence-electron chi connectivity index (χ1n) is 20.2. The molecule has 2 aromatic heterocycles. The number of hydrogen-bond donors (Lipinski definition) is 0. The molecule has 0 radical (unpaired) electrons. The number of hydrogen-bond acceptors (Lipinski definition) is 2. The number of anilines is 4. The minimum Gasteiger partial charge on any atom is -0.336 e. The summed E-state index contributed by atoms with van der Waals surface area (Å²) in [5.74, 6) is 0. The van der Waals surface area contributed by atoms with Gasteiger partial charge in [-0.05, 0) is 117 Å². The number of nitrogens with zero attached hydrogens (tertiary/aromatic N) is 4. The molecular weight excluding hydrogens is 717 g/mol. The SMILES string of the molecule is C=C/C=C\C=C/N(c1ccc(N(C(/C=C\C)=C/Cn2c3ccccc3c3ccccc32)c2ccc(-n3c4ccccc4c4ccccc43)cc2)cc1)c1ccccc1C. The fourth-order valence-corrected chi connectivity index (χ4v) is 8.37. The normalized spacial score (nSPS) is 12.3. The van der Waals surface area contributed by atoms with E-state index in [2.05, 4.69) is 240 Å². The second-order valence-electron chi connectivity index (χ2n) is 14.6. The van der Waals surface area contributed by atoms with Gasteiger partial charge >= 0.3 is 0 Å². The molecule has 0 bridgehead atoms. The summed E-state index contributed by atoms with van der Waals surface area (Å²) in [6, 6.07) is 61.1. The summed E-state index contributed by atoms with van der Waals surface area (Å²) in [5, 5.41) is 5.04. The standard InChI is InChI=1S/C55H46N4/c1-4-6-7-18-39-56(51-25-13-8-20-41(51)3)42-30-32-44(33-31-42)58(43(19-5-2)38-40-57-52-26-14-9-21-47(52)48-22-10-15-27-53(48)57)45-34-36-46(37-35-45)59-54-28-16-11-23-49(54)50-24-12-17-29-55(50)59/h4-39H,1,40H2,2-3H3/b7-6-,19-5-,39-18-,43-38+. The molecule has 9 rings (SSSR count). The second kappa shape index (κ2) is 16.5. The van der Waals surface area contributed by atoms with E-state index >= 15 is 0 Å². The minimum absolute atomic E-state index is 0.700. The number of rotatable bonds is 12. The molecule has 9 aromatic rings. The Labute approximate surface area is 346 Å². The maximum absolute atomic E-state index is 3.83. The van der Waals surface area contributed by atoms with E-state index in [9.17, 15) is 0 Å². The van der Waals surface area contributed by atoms with Crippen LogP contribution in [0.25, 0.3) is 49.3 Å². The highest BCUT2D eigenvalue weighted by atomic mass is 15.2. The van der Waals surface area contributed by atoms with Crippen molar-refractivity contribution >= 4 is 66.4 Å². The molecule has 4 heteroatoms. The lowest BCUT2D eigenvalue weighted by Crippen LogP contribution is -2.17. The topological polar surface area (TPSA) is 16.3 Å². The summed E-state index contributed by atoms with van der Waals surface area (Å²) in [7, 11) is 0. The summed E-state index contributed by atoms with van der Waals surface area (Å²) in [5.41, 5.74) is 12.6. The summed E-state index contributed by atoms with van der Waals surface area (Å²) < 4.78 is 4.80. The van der Waals surface area contributed by atoms with Crippen molar-refractivity contribution in [3.05, 3.63) is 236 Å². The van der Waals surface area contributed by atoms with Crippen LogP contribution in [0.15, 0.2) is 231 Å². The van der Waals surface area contributed by atoms with Crippen molar-refractivity contribution in [1.82, 2.24) is 9.13 Å². The van der Waals surface area contributed by atoms with Crippen molar-refractivity contribution in [3.8, 4) is 5.69 Å². The van der Waals surface area contributed by atoms with E-state index in [0.717, 1.165) is 34.1 Å². The predicted octanol–water partition coefficient (Wildman–Crippen LogP) is 14.9. The molecule has 0 atom stereocenters. The van der Waals surface area contributed by atoms with Gasteiger partial charge in [0.1, 0.15) is 0 Å². The van der Waals surface area contributed by atoms with Gasteiger partial charge in [0, 0.05) is 79.5 Å². The summed E-state index contributed by atoms with van der Waals surface area (Å²) in [4.78, 5) is 4.61. The summed E-state index contributed by atoms with van der Waals surface area (Å²) in [6.45, 7) is 8.78. The van der Waals surface area contributed by atoms with Crippen molar-refractivity contribution in [2.45, 2.75) is 20.4 Å². The number of fused-ring (bicyclic) bond motifs is 6. The molecule has 59 heavy (non-hydrogen) atoms. The first kappa shape index (κ1) is 37.0. The fraction of sp³-hybridized carbons (Fsp3) is 0.0545. The summed E-state index contributed by atoms with van der Waals surface area (Å²) >= 11 is 0. The molecule has 4 nitrogen and oxygen atoms in total. The molecule has 0 amide bonds. The van der Waals surface area contributed by atoms with Crippen molar-refractivity contribution in [1.29, 1.82) is 0 Å². The lowest BCUT2D eigenvalue weighted by atomic mass is 10.1. The zero-order chi connectivity index (χ0) is 40.1. The molecule has 7 aromatic carbocycles. The van der Waals surface area contributed by atoms with Crippen molar-refractivity contribution in [3.63, 3.8) is 0 Å². The molecule has 0 aliphatic carbocycles. The van der Waals surface area contributed by atoms with Gasteiger partial charge in [0.2, 0.25) is 0 Å². The zero-order valence-electron chi connectivity index (χ0n) is 33.5. The van der Waals surface area contributed by atoms with Crippen LogP contribution in [0.1, 0.15) is 12.5 Å². The van der Waals surface area contributed by atoms with Crippen molar-refractivity contribution in [2.75, 3.05) is 9.80 Å². The van der Waals surface area contributed by atoms with Crippen molar-refractivity contribution in [2.24, 2.45) is 0 Å². The third-order valence-electron chi connectivity index (χ3n) is 11.1. The molecule has 0 spiro atoms. The highest BCUT2D eigenvalue weighted by molar-refractivity contribution is 6.09. The molecule has 0 fully saturated rings. The maximum Gasteiger partial charge on any atom is 0.0541 e. The Morgan fingerprint density at radius 2 is 1.03 bits per heavy atom. The molecule has 0 unspecified atom stereocenters. The molecule has 0 aliphatic heterocycles. The second-order valence-corrected chi connectivity index (χ2v) is 14.6. The number of aryl methyl sites for hydroxylation is 1. The zero-order valence-corrected chi connectivity index (χ0v) is 33.5. The number of aromatic nitrogens is 2. The van der Waals surface area contributed by atoms with Gasteiger partial charge in [0.05, 0.1) is 11.0 Å². The highest BCUT2D eigenvalue weighted by Crippen LogP contribution is 2.38. The maximum atomic E-state index is 3.83. The van der Waals surface area contributed by atoms with E-state index in [1.165, 1.54) is 49.2 Å². The average molecular weight is 763 g/mol. The van der Waals surface area contributed by atoms with Gasteiger partial charge in [-0.15, -0.1) is 0 Å². The highest BCUT2D eigenvalue weighted by Gasteiger charge is 2.18. The van der Waals surface area contributed by atoms with Crippen LogP contribution >= 0.6 is 0 Å². The van der Waals surface area contributed by atoms with E-state index in [0.29, 0.717) is 6.54 Å². The van der Waals surface area contributed by atoms with E-state index in [-0.39, 0.29) is 0 Å². The van der Waals surface area contributed by atoms with Crippen LogP contribution in [0.2, 0.25) is 0 Å². The van der Waals surface area contributed by atoms with Gasteiger partial charge in [0.15, 0.2) is 0 Å². The van der Waals surface area contributed by atoms with Crippen LogP contribution in [0.4, 0.5) is 22.7 Å². The lowest BCUT2D eigenvalue weighted by molar-refractivity contribution is 0.889. The van der Waals surface area contributed by atoms with E-state index < -0.39 is 0 Å². The molecular formula is C55H46N4. The Morgan fingerprint density at radius 3 is 1.59 bits per heavy atom. The van der Waals surface area contributed by atoms with Crippen LogP contribution < -0.4 is 9.80 Å². The molecule has 286 valence electrons. The van der Waals surface area contributed by atoms with Gasteiger partial charge in [-0.2, -0.15) is 0 Å². The summed E-state index contributed by atoms with van der Waals surface area (Å²) in [6.07, 6.45) is 16.6. The minimum atomic E-state index is 0.700. The van der Waals surface area contributed by atoms with Gasteiger partial charge < -0.3 is 18.9 Å². The van der Waals surface area contributed by atoms with Gasteiger partial charge in [0.25, 0.3) is 0 Å². The van der Waals surface area contributed by atoms with E-state index in [1.807, 2.05) is 12.2 Å². The monoisotopic (exact) mass is 762 g/mol. The number of para-hydroxylation sites is 5. The van der Waals surface area contributed by atoms with E-state index in [1.54, 1.807) is 6.08 Å². The van der Waals surface area contributed by atoms with E-state index in [4.69, 9.17) is 0 Å². The van der Waals surface area contributed by atoms with Crippen LogP contribution in [0.5, 0.6) is 0 Å². The van der Waals surface area contributed by atoms with Crippen LogP contribution in [0, 0.1) is 6.92 Å². The third-order valence-corrected chi connectivity index (χ3v) is 11.1. The lowest BCUT2D eigenvalue weighted by Gasteiger charge is -2.28. The Balaban J connectivity index is 1.17. The quantitative estimate of drug-likeness (QED) is 0.115. The largest absolute Gasteiger partial charge is 0.336 e. The number of allylic oxidation sites excluding steroid dienone is 7. The number of benzene rings is 7. The van der Waals surface area contributed by atoms with Crippen molar-refractivity contribution < 1.29 is 0 Å². The van der Waals surface area contributed by atoms with Crippen LogP contribution in [-0.2, 0) is 6.54 Å². The molecule has 0 N–H and O–H groups in total. The molecule has 0 saturated heterocycles. The first-order chi connectivity index (χ1) is 29.1.